The van der Waals surface area contributed by atoms with E-state index in [0.717, 1.165) is 18.6 Å². The minimum Gasteiger partial charge on any atom is -0.465 e. The Morgan fingerprint density at radius 1 is 1.12 bits per heavy atom. The highest BCUT2D eigenvalue weighted by atomic mass is 19.4. The maximum Gasteiger partial charge on any atom is 0.419 e. The summed E-state index contributed by atoms with van der Waals surface area (Å²) < 4.78 is 61.4. The van der Waals surface area contributed by atoms with Crippen molar-refractivity contribution in [3.63, 3.8) is 0 Å². The van der Waals surface area contributed by atoms with Gasteiger partial charge in [-0.15, -0.1) is 0 Å². The summed E-state index contributed by atoms with van der Waals surface area (Å²) in [6, 6.07) is 2.30. The number of benzene rings is 1. The van der Waals surface area contributed by atoms with Crippen LogP contribution in [-0.4, -0.2) is 18.5 Å². The van der Waals surface area contributed by atoms with Crippen molar-refractivity contribution in [2.45, 2.75) is 39.8 Å². The fourth-order valence-corrected chi connectivity index (χ4v) is 1.61. The predicted octanol–water partition coefficient (Wildman–Crippen LogP) is 4.12. The Balaban J connectivity index is 2.93. The molecule has 0 aliphatic heterocycles. The molecular formula is C16H18F4O4. The molecule has 0 aliphatic carbocycles. The van der Waals surface area contributed by atoms with Crippen molar-refractivity contribution in [2.24, 2.45) is 5.41 Å². The zero-order valence-electron chi connectivity index (χ0n) is 13.5. The summed E-state index contributed by atoms with van der Waals surface area (Å²) in [6.45, 7) is 4.36. The van der Waals surface area contributed by atoms with Crippen LogP contribution in [-0.2, 0) is 20.5 Å². The molecule has 0 aromatic heterocycles. The molecule has 0 saturated carbocycles. The fraction of sp³-hybridized carbons (Fsp3) is 0.500. The van der Waals surface area contributed by atoms with Gasteiger partial charge in [0.05, 0.1) is 12.2 Å². The summed E-state index contributed by atoms with van der Waals surface area (Å²) in [6.07, 6.45) is -3.56. The molecule has 4 nitrogen and oxygen atoms in total. The third-order valence-corrected chi connectivity index (χ3v) is 3.22. The van der Waals surface area contributed by atoms with Gasteiger partial charge in [-0.2, -0.15) is 13.2 Å². The highest BCUT2D eigenvalue weighted by Crippen LogP contribution is 2.35. The smallest absolute Gasteiger partial charge is 0.419 e. The molecule has 0 aliphatic rings. The number of esters is 2. The molecule has 0 spiro atoms. The van der Waals surface area contributed by atoms with E-state index in [-0.39, 0.29) is 6.61 Å². The summed E-state index contributed by atoms with van der Waals surface area (Å²) >= 11 is 0. The largest absolute Gasteiger partial charge is 0.465 e. The average molecular weight is 350 g/mol. The number of carbonyl (C=O) groups excluding carboxylic acids is 2. The quantitative estimate of drug-likeness (QED) is 0.255. The van der Waals surface area contributed by atoms with Gasteiger partial charge in [0, 0.05) is 0 Å². The van der Waals surface area contributed by atoms with Crippen molar-refractivity contribution in [1.29, 1.82) is 0 Å². The lowest BCUT2D eigenvalue weighted by atomic mass is 9.94. The Hall–Kier alpha value is -2.12. The van der Waals surface area contributed by atoms with Gasteiger partial charge in [-0.1, -0.05) is 19.4 Å². The normalized spacial score (nSPS) is 12.0. The number of alkyl halides is 3. The first kappa shape index (κ1) is 19.9. The number of hydrogen-bond acceptors (Lipinski definition) is 4. The Bertz CT molecular complexity index is 609. The van der Waals surface area contributed by atoms with Gasteiger partial charge in [0.15, 0.2) is 17.0 Å². The van der Waals surface area contributed by atoms with E-state index in [4.69, 9.17) is 4.74 Å². The van der Waals surface area contributed by atoms with E-state index < -0.39 is 40.7 Å². The van der Waals surface area contributed by atoms with Crippen molar-refractivity contribution < 1.29 is 36.6 Å². The molecule has 0 bridgehead atoms. The first-order valence-corrected chi connectivity index (χ1v) is 7.27. The standard InChI is InChI=1S/C16H18F4O4/c1-4-5-9-23-13(21)15(2,3)14(22)24-11-8-6-7-10(12(11)17)16(18,19)20/h6-8H,4-5,9H2,1-3H3. The summed E-state index contributed by atoms with van der Waals surface area (Å²) in [5.74, 6) is -4.71. The van der Waals surface area contributed by atoms with E-state index in [2.05, 4.69) is 4.74 Å². The van der Waals surface area contributed by atoms with Crippen molar-refractivity contribution >= 4 is 11.9 Å². The summed E-state index contributed by atoms with van der Waals surface area (Å²) in [5, 5.41) is 0. The SMILES string of the molecule is CCCCOC(=O)C(C)(C)C(=O)Oc1cccc(C(F)(F)F)c1F. The molecule has 0 unspecified atom stereocenters. The number of carbonyl (C=O) groups is 2. The number of hydrogen-bond donors (Lipinski definition) is 0. The van der Waals surface area contributed by atoms with Crippen LogP contribution >= 0.6 is 0 Å². The highest BCUT2D eigenvalue weighted by Gasteiger charge is 2.41. The predicted molar refractivity (Wildman–Crippen MR) is 76.7 cm³/mol. The Morgan fingerprint density at radius 3 is 2.29 bits per heavy atom. The average Bonchev–Trinajstić information content (AvgIpc) is 2.48. The molecule has 0 fully saturated rings. The number of halogens is 4. The third kappa shape index (κ3) is 4.69. The van der Waals surface area contributed by atoms with Crippen molar-refractivity contribution in [2.75, 3.05) is 6.61 Å². The zero-order chi connectivity index (χ0) is 18.5. The fourth-order valence-electron chi connectivity index (χ4n) is 1.61. The van der Waals surface area contributed by atoms with Gasteiger partial charge in [-0.25, -0.2) is 4.39 Å². The molecule has 0 saturated heterocycles. The van der Waals surface area contributed by atoms with E-state index in [0.29, 0.717) is 12.5 Å². The van der Waals surface area contributed by atoms with Crippen molar-refractivity contribution in [1.82, 2.24) is 0 Å². The van der Waals surface area contributed by atoms with Crippen molar-refractivity contribution in [3.05, 3.63) is 29.6 Å². The first-order chi connectivity index (χ1) is 11.0. The molecule has 0 N–H and O–H groups in total. The number of unbranched alkanes of at least 4 members (excludes halogenated alkanes) is 1. The molecule has 1 aromatic carbocycles. The highest BCUT2D eigenvalue weighted by molar-refractivity contribution is 5.99. The van der Waals surface area contributed by atoms with Gasteiger partial charge in [-0.05, 0) is 32.4 Å². The first-order valence-electron chi connectivity index (χ1n) is 7.27. The van der Waals surface area contributed by atoms with Crippen LogP contribution in [0.5, 0.6) is 5.75 Å². The van der Waals surface area contributed by atoms with Gasteiger partial charge in [-0.3, -0.25) is 9.59 Å². The Labute approximate surface area is 136 Å². The van der Waals surface area contributed by atoms with Crippen LogP contribution in [0.1, 0.15) is 39.2 Å². The second-order valence-electron chi connectivity index (χ2n) is 5.62. The van der Waals surface area contributed by atoms with Crippen LogP contribution in [0.15, 0.2) is 18.2 Å². The minimum absolute atomic E-state index is 0.101. The molecule has 1 aromatic rings. The molecular weight excluding hydrogens is 332 g/mol. The number of ether oxygens (including phenoxy) is 2. The topological polar surface area (TPSA) is 52.6 Å². The third-order valence-electron chi connectivity index (χ3n) is 3.22. The van der Waals surface area contributed by atoms with E-state index in [1.165, 1.54) is 13.8 Å². The molecule has 0 atom stereocenters. The maximum absolute atomic E-state index is 13.9. The van der Waals surface area contributed by atoms with Crippen molar-refractivity contribution in [3.8, 4) is 5.75 Å². The van der Waals surface area contributed by atoms with Gasteiger partial charge in [0.2, 0.25) is 0 Å². The van der Waals surface area contributed by atoms with Crippen LogP contribution in [0.2, 0.25) is 0 Å². The van der Waals surface area contributed by atoms with E-state index >= 15 is 0 Å². The van der Waals surface area contributed by atoms with Gasteiger partial charge >= 0.3 is 18.1 Å². The van der Waals surface area contributed by atoms with Gasteiger partial charge in [0.25, 0.3) is 0 Å². The lowest BCUT2D eigenvalue weighted by Gasteiger charge is -2.21. The lowest BCUT2D eigenvalue weighted by molar-refractivity contribution is -0.165. The molecule has 8 heteroatoms. The second kappa shape index (κ2) is 7.63. The molecule has 0 radical (unpaired) electrons. The van der Waals surface area contributed by atoms with Crippen LogP contribution in [0, 0.1) is 11.2 Å². The minimum atomic E-state index is -4.93. The van der Waals surface area contributed by atoms with E-state index in [1.54, 1.807) is 0 Å². The lowest BCUT2D eigenvalue weighted by Crippen LogP contribution is -2.38. The summed E-state index contributed by atoms with van der Waals surface area (Å²) in [7, 11) is 0. The van der Waals surface area contributed by atoms with Crippen LogP contribution in [0.4, 0.5) is 17.6 Å². The summed E-state index contributed by atoms with van der Waals surface area (Å²) in [5.41, 5.74) is -3.34. The van der Waals surface area contributed by atoms with Crippen LogP contribution in [0.25, 0.3) is 0 Å². The molecule has 0 heterocycles. The molecule has 134 valence electrons. The van der Waals surface area contributed by atoms with Gasteiger partial charge < -0.3 is 9.47 Å². The Kier molecular flexibility index (Phi) is 6.34. The second-order valence-corrected chi connectivity index (χ2v) is 5.62. The van der Waals surface area contributed by atoms with E-state index in [1.807, 2.05) is 6.92 Å². The monoisotopic (exact) mass is 350 g/mol. The zero-order valence-corrected chi connectivity index (χ0v) is 13.5. The van der Waals surface area contributed by atoms with Crippen LogP contribution < -0.4 is 4.74 Å². The van der Waals surface area contributed by atoms with E-state index in [9.17, 15) is 27.2 Å². The maximum atomic E-state index is 13.9. The Morgan fingerprint density at radius 2 is 1.75 bits per heavy atom. The van der Waals surface area contributed by atoms with Crippen LogP contribution in [0.3, 0.4) is 0 Å². The molecule has 1 rings (SSSR count). The molecule has 0 amide bonds. The summed E-state index contributed by atoms with van der Waals surface area (Å²) in [4.78, 5) is 23.9. The molecule has 24 heavy (non-hydrogen) atoms. The van der Waals surface area contributed by atoms with Gasteiger partial charge in [0.1, 0.15) is 0 Å². The number of rotatable bonds is 6.